The fourth-order valence-electron chi connectivity index (χ4n) is 1.26. The van der Waals surface area contributed by atoms with Crippen LogP contribution in [0.3, 0.4) is 0 Å². The van der Waals surface area contributed by atoms with Crippen molar-refractivity contribution < 1.29 is 14.8 Å². The molecule has 0 atom stereocenters. The molecular formula is C9H11NO4. The summed E-state index contributed by atoms with van der Waals surface area (Å²) in [4.78, 5) is 10.2. The first-order valence-electron chi connectivity index (χ1n) is 4.11. The Hall–Kier alpha value is -1.62. The molecule has 5 heteroatoms. The van der Waals surface area contributed by atoms with Crippen LogP contribution in [0, 0.1) is 10.1 Å². The van der Waals surface area contributed by atoms with Crippen LogP contribution in [-0.2, 0) is 6.42 Å². The van der Waals surface area contributed by atoms with E-state index < -0.39 is 4.92 Å². The minimum absolute atomic E-state index is 0.0657. The van der Waals surface area contributed by atoms with Gasteiger partial charge in [0, 0.05) is 18.6 Å². The van der Waals surface area contributed by atoms with E-state index in [4.69, 9.17) is 9.84 Å². The van der Waals surface area contributed by atoms with Crippen LogP contribution in [0.1, 0.15) is 5.56 Å². The van der Waals surface area contributed by atoms with Crippen molar-refractivity contribution in [1.82, 2.24) is 0 Å². The van der Waals surface area contributed by atoms with Crippen LogP contribution >= 0.6 is 0 Å². The Morgan fingerprint density at radius 3 is 2.79 bits per heavy atom. The van der Waals surface area contributed by atoms with E-state index in [1.807, 2.05) is 0 Å². The third kappa shape index (κ3) is 2.00. The van der Waals surface area contributed by atoms with Crippen molar-refractivity contribution in [3.63, 3.8) is 0 Å². The molecule has 0 saturated heterocycles. The third-order valence-corrected chi connectivity index (χ3v) is 1.87. The zero-order valence-electron chi connectivity index (χ0n) is 7.77. The summed E-state index contributed by atoms with van der Waals surface area (Å²) < 4.78 is 4.87. The van der Waals surface area contributed by atoms with Gasteiger partial charge in [0.15, 0.2) is 5.75 Å². The van der Waals surface area contributed by atoms with Crippen molar-refractivity contribution >= 4 is 5.69 Å². The molecule has 1 N–H and O–H groups in total. The Bertz CT molecular complexity index is 338. The van der Waals surface area contributed by atoms with Crippen molar-refractivity contribution in [3.05, 3.63) is 33.9 Å². The van der Waals surface area contributed by atoms with Gasteiger partial charge in [-0.05, 0) is 6.07 Å². The molecule has 14 heavy (non-hydrogen) atoms. The topological polar surface area (TPSA) is 72.6 Å². The second-order valence-electron chi connectivity index (χ2n) is 2.70. The summed E-state index contributed by atoms with van der Waals surface area (Å²) in [5, 5.41) is 19.4. The van der Waals surface area contributed by atoms with Gasteiger partial charge in [0.1, 0.15) is 0 Å². The molecule has 1 rings (SSSR count). The molecule has 0 bridgehead atoms. The van der Waals surface area contributed by atoms with E-state index in [0.717, 1.165) is 0 Å². The van der Waals surface area contributed by atoms with Gasteiger partial charge in [-0.3, -0.25) is 10.1 Å². The minimum Gasteiger partial charge on any atom is -0.490 e. The predicted octanol–water partition coefficient (Wildman–Crippen LogP) is 1.14. The van der Waals surface area contributed by atoms with Gasteiger partial charge in [-0.2, -0.15) is 0 Å². The SMILES string of the molecule is COc1cccc(CCO)c1[N+](=O)[O-]. The summed E-state index contributed by atoms with van der Waals surface area (Å²) in [7, 11) is 1.38. The first kappa shape index (κ1) is 10.5. The summed E-state index contributed by atoms with van der Waals surface area (Å²) in [5.41, 5.74) is 0.418. The van der Waals surface area contributed by atoms with Gasteiger partial charge in [0.25, 0.3) is 0 Å². The van der Waals surface area contributed by atoms with Gasteiger partial charge in [-0.15, -0.1) is 0 Å². The van der Waals surface area contributed by atoms with Crippen LogP contribution in [0.25, 0.3) is 0 Å². The summed E-state index contributed by atoms with van der Waals surface area (Å²) in [6.45, 7) is -0.117. The van der Waals surface area contributed by atoms with Crippen LogP contribution in [0.15, 0.2) is 18.2 Å². The van der Waals surface area contributed by atoms with Crippen LogP contribution in [-0.4, -0.2) is 23.7 Å². The number of methoxy groups -OCH3 is 1. The van der Waals surface area contributed by atoms with Crippen molar-refractivity contribution in [2.45, 2.75) is 6.42 Å². The van der Waals surface area contributed by atoms with Crippen LogP contribution in [0.5, 0.6) is 5.75 Å². The monoisotopic (exact) mass is 197 g/mol. The molecule has 0 spiro atoms. The number of rotatable bonds is 4. The fraction of sp³-hybridized carbons (Fsp3) is 0.333. The Kier molecular flexibility index (Phi) is 3.41. The lowest BCUT2D eigenvalue weighted by molar-refractivity contribution is -0.386. The standard InChI is InChI=1S/C9H11NO4/c1-14-8-4-2-3-7(5-6-11)9(8)10(12)13/h2-4,11H,5-6H2,1H3. The van der Waals surface area contributed by atoms with Crippen molar-refractivity contribution in [1.29, 1.82) is 0 Å². The number of nitrogens with zero attached hydrogens (tertiary/aromatic N) is 1. The molecule has 0 aromatic heterocycles. The van der Waals surface area contributed by atoms with Crippen LogP contribution in [0.4, 0.5) is 5.69 Å². The normalized spacial score (nSPS) is 9.86. The lowest BCUT2D eigenvalue weighted by Gasteiger charge is -2.05. The number of ether oxygens (including phenoxy) is 1. The Balaban J connectivity index is 3.20. The van der Waals surface area contributed by atoms with E-state index in [0.29, 0.717) is 5.56 Å². The van der Waals surface area contributed by atoms with E-state index in [9.17, 15) is 10.1 Å². The first-order valence-corrected chi connectivity index (χ1v) is 4.11. The Morgan fingerprint density at radius 1 is 1.57 bits per heavy atom. The molecule has 0 radical (unpaired) electrons. The highest BCUT2D eigenvalue weighted by Gasteiger charge is 2.19. The lowest BCUT2D eigenvalue weighted by atomic mass is 10.1. The maximum Gasteiger partial charge on any atom is 0.314 e. The highest BCUT2D eigenvalue weighted by Crippen LogP contribution is 2.30. The smallest absolute Gasteiger partial charge is 0.314 e. The number of nitro benzene ring substituents is 1. The van der Waals surface area contributed by atoms with Crippen LogP contribution < -0.4 is 4.74 Å². The number of benzene rings is 1. The first-order chi connectivity index (χ1) is 6.70. The molecule has 1 aromatic carbocycles. The average Bonchev–Trinajstić information content (AvgIpc) is 2.17. The fourth-order valence-corrected chi connectivity index (χ4v) is 1.26. The molecule has 0 aliphatic carbocycles. The summed E-state index contributed by atoms with van der Waals surface area (Å²) in [6, 6.07) is 4.80. The van der Waals surface area contributed by atoms with E-state index in [2.05, 4.69) is 0 Å². The maximum absolute atomic E-state index is 10.7. The number of nitro groups is 1. The van der Waals surface area contributed by atoms with E-state index in [-0.39, 0.29) is 24.5 Å². The number of para-hydroxylation sites is 1. The molecule has 0 unspecified atom stereocenters. The summed E-state index contributed by atoms with van der Waals surface area (Å²) in [5.74, 6) is 0.223. The van der Waals surface area contributed by atoms with Crippen LogP contribution in [0.2, 0.25) is 0 Å². The number of hydrogen-bond acceptors (Lipinski definition) is 4. The van der Waals surface area contributed by atoms with Crippen molar-refractivity contribution in [2.75, 3.05) is 13.7 Å². The van der Waals surface area contributed by atoms with Gasteiger partial charge in [-0.1, -0.05) is 12.1 Å². The van der Waals surface area contributed by atoms with Gasteiger partial charge in [0.2, 0.25) is 0 Å². The third-order valence-electron chi connectivity index (χ3n) is 1.87. The predicted molar refractivity (Wildman–Crippen MR) is 50.4 cm³/mol. The molecular weight excluding hydrogens is 186 g/mol. The van der Waals surface area contributed by atoms with Gasteiger partial charge >= 0.3 is 5.69 Å². The maximum atomic E-state index is 10.7. The second kappa shape index (κ2) is 4.57. The minimum atomic E-state index is -0.496. The highest BCUT2D eigenvalue weighted by atomic mass is 16.6. The molecule has 0 aliphatic rings. The second-order valence-corrected chi connectivity index (χ2v) is 2.70. The van der Waals surface area contributed by atoms with E-state index in [1.165, 1.54) is 13.2 Å². The highest BCUT2D eigenvalue weighted by molar-refractivity contribution is 5.52. The Morgan fingerprint density at radius 2 is 2.29 bits per heavy atom. The average molecular weight is 197 g/mol. The largest absolute Gasteiger partial charge is 0.490 e. The Labute approximate surface area is 81.1 Å². The van der Waals surface area contributed by atoms with Crippen molar-refractivity contribution in [3.8, 4) is 5.75 Å². The summed E-state index contributed by atoms with van der Waals surface area (Å²) in [6.07, 6.45) is 0.257. The molecule has 0 saturated carbocycles. The zero-order valence-corrected chi connectivity index (χ0v) is 7.77. The number of hydrogen-bond donors (Lipinski definition) is 1. The van der Waals surface area contributed by atoms with Gasteiger partial charge < -0.3 is 9.84 Å². The van der Waals surface area contributed by atoms with Gasteiger partial charge in [0.05, 0.1) is 12.0 Å². The lowest BCUT2D eigenvalue weighted by Crippen LogP contribution is -2.00. The zero-order chi connectivity index (χ0) is 10.6. The van der Waals surface area contributed by atoms with Gasteiger partial charge in [-0.25, -0.2) is 0 Å². The molecule has 0 fully saturated rings. The van der Waals surface area contributed by atoms with E-state index in [1.54, 1.807) is 12.1 Å². The molecule has 5 nitrogen and oxygen atoms in total. The number of aliphatic hydroxyl groups excluding tert-OH is 1. The van der Waals surface area contributed by atoms with Crippen molar-refractivity contribution in [2.24, 2.45) is 0 Å². The van der Waals surface area contributed by atoms with E-state index >= 15 is 0 Å². The quantitative estimate of drug-likeness (QED) is 0.580. The number of aliphatic hydroxyl groups is 1. The molecule has 0 heterocycles. The molecule has 1 aromatic rings. The molecule has 0 aliphatic heterocycles. The molecule has 76 valence electrons. The molecule has 0 amide bonds. The summed E-state index contributed by atoms with van der Waals surface area (Å²) >= 11 is 0.